The lowest BCUT2D eigenvalue weighted by Gasteiger charge is -2.32. The predicted molar refractivity (Wildman–Crippen MR) is 117 cm³/mol. The van der Waals surface area contributed by atoms with Gasteiger partial charge in [0.25, 0.3) is 0 Å². The Kier molecular flexibility index (Phi) is 7.31. The number of benzene rings is 1. The van der Waals surface area contributed by atoms with E-state index in [1.807, 2.05) is 6.20 Å². The molecule has 2 unspecified atom stereocenters. The molecule has 1 aromatic rings. The van der Waals surface area contributed by atoms with E-state index in [9.17, 15) is 0 Å². The van der Waals surface area contributed by atoms with Crippen molar-refractivity contribution in [3.05, 3.63) is 71.6 Å². The second-order valence-electron chi connectivity index (χ2n) is 8.21. The third-order valence-corrected chi connectivity index (χ3v) is 5.38. The Bertz CT molecular complexity index is 703. The minimum atomic E-state index is -0.0834. The standard InChI is InChI=1S/C23H35N5/c1-19(17-28(24)18-26-22-10-6-7-15-25-22)27-23(2)13-11-21(12-14-23)16-20-8-4-3-5-9-20/h3-5,8-9,11-13,17,22,25-27H,6-7,10,14-16,18,24H2,1-2H3/b19-17-. The fraction of sp³-hybridized carbons (Fsp3) is 0.478. The van der Waals surface area contributed by atoms with Crippen LogP contribution in [0.3, 0.4) is 0 Å². The fourth-order valence-corrected chi connectivity index (χ4v) is 3.84. The van der Waals surface area contributed by atoms with Crippen LogP contribution in [0.4, 0.5) is 0 Å². The van der Waals surface area contributed by atoms with Crippen molar-refractivity contribution < 1.29 is 0 Å². The minimum absolute atomic E-state index is 0.0834. The number of nitrogens with zero attached hydrogens (tertiary/aromatic N) is 1. The van der Waals surface area contributed by atoms with Crippen LogP contribution in [0.15, 0.2) is 66.0 Å². The van der Waals surface area contributed by atoms with Crippen LogP contribution in [0, 0.1) is 0 Å². The molecule has 1 heterocycles. The molecule has 1 saturated heterocycles. The van der Waals surface area contributed by atoms with Gasteiger partial charge in [0, 0.05) is 11.9 Å². The van der Waals surface area contributed by atoms with Gasteiger partial charge in [0.05, 0.1) is 18.4 Å². The number of rotatable bonds is 8. The zero-order valence-corrected chi connectivity index (χ0v) is 17.2. The topological polar surface area (TPSA) is 65.3 Å². The maximum Gasteiger partial charge on any atom is 0.0841 e. The molecule has 0 amide bonds. The minimum Gasteiger partial charge on any atom is -0.378 e. The fourth-order valence-electron chi connectivity index (χ4n) is 3.84. The lowest BCUT2D eigenvalue weighted by Crippen LogP contribution is -2.50. The van der Waals surface area contributed by atoms with Crippen LogP contribution >= 0.6 is 0 Å². The summed E-state index contributed by atoms with van der Waals surface area (Å²) in [5.74, 6) is 6.14. The van der Waals surface area contributed by atoms with Crippen molar-refractivity contribution in [1.29, 1.82) is 0 Å². The normalized spacial score (nSPS) is 25.3. The van der Waals surface area contributed by atoms with E-state index in [1.165, 1.54) is 24.0 Å². The Hall–Kier alpha value is -2.08. The second-order valence-corrected chi connectivity index (χ2v) is 8.21. The van der Waals surface area contributed by atoms with Crippen LogP contribution in [0.1, 0.15) is 45.1 Å². The summed E-state index contributed by atoms with van der Waals surface area (Å²) in [4.78, 5) is 0. The first-order valence-corrected chi connectivity index (χ1v) is 10.4. The molecule has 0 bridgehead atoms. The smallest absolute Gasteiger partial charge is 0.0841 e. The van der Waals surface area contributed by atoms with Gasteiger partial charge in [-0.05, 0) is 63.6 Å². The van der Waals surface area contributed by atoms with Gasteiger partial charge in [-0.2, -0.15) is 0 Å². The summed E-state index contributed by atoms with van der Waals surface area (Å²) in [6.45, 7) is 6.01. The van der Waals surface area contributed by atoms with Gasteiger partial charge in [-0.1, -0.05) is 48.6 Å². The number of nitrogens with two attached hydrogens (primary N) is 1. The van der Waals surface area contributed by atoms with Crippen molar-refractivity contribution in [2.24, 2.45) is 5.84 Å². The molecular formula is C23H35N5. The van der Waals surface area contributed by atoms with Crippen molar-refractivity contribution >= 4 is 0 Å². The Morgan fingerprint density at radius 2 is 2.14 bits per heavy atom. The second kappa shape index (κ2) is 9.92. The van der Waals surface area contributed by atoms with Crippen molar-refractivity contribution in [3.63, 3.8) is 0 Å². The van der Waals surface area contributed by atoms with Gasteiger partial charge in [-0.15, -0.1) is 0 Å². The zero-order valence-electron chi connectivity index (χ0n) is 17.2. The van der Waals surface area contributed by atoms with E-state index in [0.29, 0.717) is 12.8 Å². The molecule has 28 heavy (non-hydrogen) atoms. The highest BCUT2D eigenvalue weighted by atomic mass is 15.4. The summed E-state index contributed by atoms with van der Waals surface area (Å²) >= 11 is 0. The Morgan fingerprint density at radius 3 is 2.82 bits per heavy atom. The third-order valence-electron chi connectivity index (χ3n) is 5.38. The average Bonchev–Trinajstić information content (AvgIpc) is 2.70. The highest BCUT2D eigenvalue weighted by molar-refractivity contribution is 5.34. The Labute approximate surface area is 169 Å². The largest absolute Gasteiger partial charge is 0.378 e. The summed E-state index contributed by atoms with van der Waals surface area (Å²) in [6.07, 6.45) is 14.8. The van der Waals surface area contributed by atoms with E-state index >= 15 is 0 Å². The van der Waals surface area contributed by atoms with E-state index < -0.39 is 0 Å². The van der Waals surface area contributed by atoms with Crippen LogP contribution in [0.2, 0.25) is 0 Å². The Balaban J connectivity index is 1.46. The van der Waals surface area contributed by atoms with E-state index in [2.05, 4.69) is 78.4 Å². The van der Waals surface area contributed by atoms with Gasteiger partial charge in [-0.25, -0.2) is 5.84 Å². The van der Waals surface area contributed by atoms with Crippen LogP contribution in [0.25, 0.3) is 0 Å². The highest BCUT2D eigenvalue weighted by Gasteiger charge is 2.22. The number of piperidine rings is 1. The first-order chi connectivity index (χ1) is 13.5. The summed E-state index contributed by atoms with van der Waals surface area (Å²) < 4.78 is 0. The van der Waals surface area contributed by atoms with Gasteiger partial charge >= 0.3 is 0 Å². The van der Waals surface area contributed by atoms with Crippen LogP contribution in [0.5, 0.6) is 0 Å². The molecule has 152 valence electrons. The molecule has 5 nitrogen and oxygen atoms in total. The molecule has 1 aliphatic carbocycles. The molecule has 0 spiro atoms. The summed E-state index contributed by atoms with van der Waals surface area (Å²) in [6, 6.07) is 10.6. The molecule has 2 atom stereocenters. The Morgan fingerprint density at radius 1 is 1.32 bits per heavy atom. The average molecular weight is 382 g/mol. The van der Waals surface area contributed by atoms with Gasteiger partial charge in [0.15, 0.2) is 0 Å². The van der Waals surface area contributed by atoms with Crippen LogP contribution < -0.4 is 21.8 Å². The molecular weight excluding hydrogens is 346 g/mol. The van der Waals surface area contributed by atoms with Crippen molar-refractivity contribution in [2.45, 2.75) is 57.7 Å². The van der Waals surface area contributed by atoms with E-state index in [0.717, 1.165) is 31.5 Å². The predicted octanol–water partition coefficient (Wildman–Crippen LogP) is 3.15. The van der Waals surface area contributed by atoms with Crippen LogP contribution in [-0.4, -0.2) is 29.9 Å². The highest BCUT2D eigenvalue weighted by Crippen LogP contribution is 2.23. The number of hydrazine groups is 1. The molecule has 3 rings (SSSR count). The summed E-state index contributed by atoms with van der Waals surface area (Å²) in [7, 11) is 0. The molecule has 1 aliphatic heterocycles. The number of nitrogens with one attached hydrogen (secondary N) is 3. The van der Waals surface area contributed by atoms with Gasteiger partial charge in [0.1, 0.15) is 0 Å². The van der Waals surface area contributed by atoms with E-state index in [1.54, 1.807) is 5.01 Å². The van der Waals surface area contributed by atoms with E-state index in [4.69, 9.17) is 5.84 Å². The monoisotopic (exact) mass is 381 g/mol. The van der Waals surface area contributed by atoms with E-state index in [-0.39, 0.29) is 5.54 Å². The lowest BCUT2D eigenvalue weighted by atomic mass is 9.88. The maximum absolute atomic E-state index is 6.14. The first-order valence-electron chi connectivity index (χ1n) is 10.4. The maximum atomic E-state index is 6.14. The molecule has 1 fully saturated rings. The number of hydrogen-bond donors (Lipinski definition) is 4. The third kappa shape index (κ3) is 6.51. The van der Waals surface area contributed by atoms with Gasteiger partial charge < -0.3 is 15.6 Å². The van der Waals surface area contributed by atoms with Gasteiger partial charge in [-0.3, -0.25) is 5.32 Å². The molecule has 5 heteroatoms. The zero-order chi connectivity index (χ0) is 19.8. The SMILES string of the molecule is C/C(=C/N(N)CNC1CCCCN1)NC1(C)C=CC(Cc2ccccc2)=CC1. The summed E-state index contributed by atoms with van der Waals surface area (Å²) in [5, 5.41) is 12.3. The lowest BCUT2D eigenvalue weighted by molar-refractivity contribution is 0.272. The molecule has 5 N–H and O–H groups in total. The van der Waals surface area contributed by atoms with Crippen LogP contribution in [-0.2, 0) is 6.42 Å². The first kappa shape index (κ1) is 20.6. The molecule has 2 aliphatic rings. The molecule has 1 aromatic carbocycles. The van der Waals surface area contributed by atoms with Crippen molar-refractivity contribution in [2.75, 3.05) is 13.2 Å². The number of hydrogen-bond acceptors (Lipinski definition) is 5. The quantitative estimate of drug-likeness (QED) is 0.316. The molecule has 0 saturated carbocycles. The molecule has 0 radical (unpaired) electrons. The van der Waals surface area contributed by atoms with Gasteiger partial charge in [0.2, 0.25) is 0 Å². The number of allylic oxidation sites excluding steroid dienone is 3. The van der Waals surface area contributed by atoms with Crippen molar-refractivity contribution in [1.82, 2.24) is 21.0 Å². The molecule has 0 aromatic heterocycles. The summed E-state index contributed by atoms with van der Waals surface area (Å²) in [5.41, 5.74) is 3.70. The van der Waals surface area contributed by atoms with Crippen molar-refractivity contribution in [3.8, 4) is 0 Å².